The summed E-state index contributed by atoms with van der Waals surface area (Å²) in [4.78, 5) is 13.5. The maximum atomic E-state index is 13.9. The minimum Gasteiger partial charge on any atom is -0.349 e. The first-order valence-corrected chi connectivity index (χ1v) is 6.38. The van der Waals surface area contributed by atoms with Crippen molar-refractivity contribution in [1.29, 1.82) is 0 Å². The maximum Gasteiger partial charge on any atom is 0.269 e. The van der Waals surface area contributed by atoms with E-state index in [4.69, 9.17) is 0 Å². The Hall–Kier alpha value is -2.28. The summed E-state index contributed by atoms with van der Waals surface area (Å²) in [6.07, 6.45) is 1.45. The topological polar surface area (TPSA) is 61.0 Å². The van der Waals surface area contributed by atoms with Crippen molar-refractivity contribution < 1.29 is 13.6 Å². The number of likely N-dealkylation sites (N-methyl/N-ethyl adjacent to an activating group) is 1. The number of H-pyrrole nitrogens is 1. The van der Waals surface area contributed by atoms with Crippen molar-refractivity contribution in [1.82, 2.24) is 20.4 Å². The monoisotopic (exact) mass is 294 g/mol. The number of carbonyl (C=O) groups is 1. The number of halogens is 2. The second-order valence-electron chi connectivity index (χ2n) is 4.80. The van der Waals surface area contributed by atoms with Gasteiger partial charge < -0.3 is 10.2 Å². The van der Waals surface area contributed by atoms with Crippen LogP contribution in [0.2, 0.25) is 0 Å². The van der Waals surface area contributed by atoms with Gasteiger partial charge in [-0.3, -0.25) is 9.89 Å². The zero-order chi connectivity index (χ0) is 15.4. The fourth-order valence-corrected chi connectivity index (χ4v) is 2.04. The molecule has 1 aromatic carbocycles. The lowest BCUT2D eigenvalue weighted by atomic mass is 10.0. The van der Waals surface area contributed by atoms with E-state index in [2.05, 4.69) is 15.5 Å². The van der Waals surface area contributed by atoms with Crippen molar-refractivity contribution in [2.45, 2.75) is 6.04 Å². The predicted octanol–water partition coefficient (Wildman–Crippen LogP) is 1.72. The van der Waals surface area contributed by atoms with Crippen LogP contribution in [0.25, 0.3) is 0 Å². The molecule has 0 aliphatic rings. The molecule has 1 atom stereocenters. The average molecular weight is 294 g/mol. The predicted molar refractivity (Wildman–Crippen MR) is 73.7 cm³/mol. The Morgan fingerprint density at radius 3 is 2.52 bits per heavy atom. The summed E-state index contributed by atoms with van der Waals surface area (Å²) in [6, 6.07) is 4.61. The molecule has 2 N–H and O–H groups in total. The zero-order valence-corrected chi connectivity index (χ0v) is 11.7. The number of hydrogen-bond acceptors (Lipinski definition) is 3. The molecular formula is C14H16F2N4O. The number of carbonyl (C=O) groups excluding carboxylic acids is 1. The van der Waals surface area contributed by atoms with E-state index in [0.717, 1.165) is 0 Å². The zero-order valence-electron chi connectivity index (χ0n) is 11.7. The normalized spacial score (nSPS) is 12.4. The van der Waals surface area contributed by atoms with Gasteiger partial charge in [-0.25, -0.2) is 8.78 Å². The third-order valence-electron chi connectivity index (χ3n) is 3.16. The van der Waals surface area contributed by atoms with E-state index in [0.29, 0.717) is 5.69 Å². The molecule has 0 aliphatic carbocycles. The first-order valence-electron chi connectivity index (χ1n) is 6.38. The van der Waals surface area contributed by atoms with Gasteiger partial charge in [0.25, 0.3) is 5.91 Å². The van der Waals surface area contributed by atoms with Gasteiger partial charge in [-0.15, -0.1) is 0 Å². The van der Waals surface area contributed by atoms with Crippen LogP contribution < -0.4 is 5.32 Å². The Kier molecular flexibility index (Phi) is 4.64. The number of amides is 1. The first kappa shape index (κ1) is 15.1. The van der Waals surface area contributed by atoms with Crippen LogP contribution in [0.5, 0.6) is 0 Å². The Bertz CT molecular complexity index is 593. The smallest absolute Gasteiger partial charge is 0.269 e. The first-order chi connectivity index (χ1) is 10.0. The van der Waals surface area contributed by atoms with Crippen molar-refractivity contribution >= 4 is 5.91 Å². The molecule has 0 spiro atoms. The number of nitrogens with one attached hydrogen (secondary N) is 2. The number of nitrogens with zero attached hydrogens (tertiary/aromatic N) is 2. The highest BCUT2D eigenvalue weighted by atomic mass is 19.1. The van der Waals surface area contributed by atoms with E-state index in [1.54, 1.807) is 19.0 Å². The Labute approximate surface area is 121 Å². The standard InChI is InChI=1S/C14H16F2N4O/c1-20(2)12(13-9(15)4-3-5-10(13)16)8-17-14(21)11-6-7-18-19-11/h3-7,12H,8H2,1-2H3,(H,17,21)(H,18,19). The van der Waals surface area contributed by atoms with Crippen LogP contribution in [-0.2, 0) is 0 Å². The molecule has 0 radical (unpaired) electrons. The highest BCUT2D eigenvalue weighted by Gasteiger charge is 2.23. The molecule has 0 bridgehead atoms. The van der Waals surface area contributed by atoms with Crippen LogP contribution in [0.15, 0.2) is 30.5 Å². The van der Waals surface area contributed by atoms with Gasteiger partial charge in [-0.05, 0) is 32.3 Å². The lowest BCUT2D eigenvalue weighted by Gasteiger charge is -2.25. The molecule has 1 aromatic heterocycles. The summed E-state index contributed by atoms with van der Waals surface area (Å²) in [5.41, 5.74) is 0.230. The van der Waals surface area contributed by atoms with Gasteiger partial charge in [-0.2, -0.15) is 5.10 Å². The Balaban J connectivity index is 2.15. The Morgan fingerprint density at radius 2 is 2.00 bits per heavy atom. The molecule has 2 rings (SSSR count). The second-order valence-corrected chi connectivity index (χ2v) is 4.80. The summed E-state index contributed by atoms with van der Waals surface area (Å²) in [7, 11) is 3.39. The minimum atomic E-state index is -0.635. The summed E-state index contributed by atoms with van der Waals surface area (Å²) in [6.45, 7) is 0.0721. The maximum absolute atomic E-state index is 13.9. The van der Waals surface area contributed by atoms with Crippen LogP contribution in [0.1, 0.15) is 22.1 Å². The molecule has 0 saturated heterocycles. The fraction of sp³-hybridized carbons (Fsp3) is 0.286. The van der Waals surface area contributed by atoms with Gasteiger partial charge in [0.2, 0.25) is 0 Å². The van der Waals surface area contributed by atoms with Crippen LogP contribution >= 0.6 is 0 Å². The lowest BCUT2D eigenvalue weighted by molar-refractivity contribution is 0.0935. The molecule has 1 heterocycles. The van der Waals surface area contributed by atoms with Gasteiger partial charge in [0.05, 0.1) is 6.04 Å². The van der Waals surface area contributed by atoms with Crippen LogP contribution in [0.4, 0.5) is 8.78 Å². The highest BCUT2D eigenvalue weighted by Crippen LogP contribution is 2.23. The van der Waals surface area contributed by atoms with E-state index in [-0.39, 0.29) is 18.0 Å². The number of aromatic amines is 1. The van der Waals surface area contributed by atoms with Gasteiger partial charge in [-0.1, -0.05) is 6.07 Å². The number of benzene rings is 1. The van der Waals surface area contributed by atoms with Crippen molar-refractivity contribution in [3.05, 3.63) is 53.4 Å². The SMILES string of the molecule is CN(C)C(CNC(=O)c1ccn[nH]1)c1c(F)cccc1F. The van der Waals surface area contributed by atoms with E-state index in [1.165, 1.54) is 30.5 Å². The Morgan fingerprint density at radius 1 is 1.33 bits per heavy atom. The van der Waals surface area contributed by atoms with E-state index < -0.39 is 17.7 Å². The fourth-order valence-electron chi connectivity index (χ4n) is 2.04. The molecule has 0 fully saturated rings. The van der Waals surface area contributed by atoms with Gasteiger partial charge >= 0.3 is 0 Å². The van der Waals surface area contributed by atoms with Crippen molar-refractivity contribution in [2.75, 3.05) is 20.6 Å². The number of aromatic nitrogens is 2. The molecule has 21 heavy (non-hydrogen) atoms. The van der Waals surface area contributed by atoms with Crippen LogP contribution in [0, 0.1) is 11.6 Å². The van der Waals surface area contributed by atoms with Crippen LogP contribution in [-0.4, -0.2) is 41.6 Å². The molecular weight excluding hydrogens is 278 g/mol. The van der Waals surface area contributed by atoms with Gasteiger partial charge in [0.15, 0.2) is 0 Å². The largest absolute Gasteiger partial charge is 0.349 e. The summed E-state index contributed by atoms with van der Waals surface area (Å²) in [5, 5.41) is 8.84. The van der Waals surface area contributed by atoms with Crippen molar-refractivity contribution in [3.63, 3.8) is 0 Å². The van der Waals surface area contributed by atoms with Gasteiger partial charge in [0.1, 0.15) is 17.3 Å². The quantitative estimate of drug-likeness (QED) is 0.882. The van der Waals surface area contributed by atoms with Gasteiger partial charge in [0, 0.05) is 18.3 Å². The summed E-state index contributed by atoms with van der Waals surface area (Å²) >= 11 is 0. The summed E-state index contributed by atoms with van der Waals surface area (Å²) in [5.74, 6) is -1.65. The molecule has 112 valence electrons. The number of rotatable bonds is 5. The third kappa shape index (κ3) is 3.43. The van der Waals surface area contributed by atoms with Crippen molar-refractivity contribution in [3.8, 4) is 0 Å². The molecule has 7 heteroatoms. The second kappa shape index (κ2) is 6.45. The summed E-state index contributed by atoms with van der Waals surface area (Å²) < 4.78 is 27.7. The van der Waals surface area contributed by atoms with E-state index >= 15 is 0 Å². The lowest BCUT2D eigenvalue weighted by Crippen LogP contribution is -2.35. The molecule has 1 amide bonds. The molecule has 0 saturated carbocycles. The van der Waals surface area contributed by atoms with Crippen LogP contribution in [0.3, 0.4) is 0 Å². The molecule has 2 aromatic rings. The van der Waals surface area contributed by atoms with E-state index in [1.807, 2.05) is 0 Å². The molecule has 1 unspecified atom stereocenters. The highest BCUT2D eigenvalue weighted by molar-refractivity contribution is 5.92. The van der Waals surface area contributed by atoms with E-state index in [9.17, 15) is 13.6 Å². The number of hydrogen-bond donors (Lipinski definition) is 2. The molecule has 5 nitrogen and oxygen atoms in total. The third-order valence-corrected chi connectivity index (χ3v) is 3.16. The minimum absolute atomic E-state index is 0.0626. The molecule has 0 aliphatic heterocycles. The van der Waals surface area contributed by atoms with Crippen molar-refractivity contribution in [2.24, 2.45) is 0 Å². The average Bonchev–Trinajstić information content (AvgIpc) is 2.95.